The fourth-order valence-corrected chi connectivity index (χ4v) is 3.04. The van der Waals surface area contributed by atoms with Crippen molar-refractivity contribution in [2.75, 3.05) is 6.54 Å². The Balaban J connectivity index is 1.63. The zero-order valence-electron chi connectivity index (χ0n) is 14.4. The van der Waals surface area contributed by atoms with Gasteiger partial charge in [0.25, 0.3) is 0 Å². The highest BCUT2D eigenvalue weighted by molar-refractivity contribution is 5.74. The number of urea groups is 1. The molecule has 0 atom stereocenters. The molecule has 1 aliphatic carbocycles. The molecule has 5 nitrogen and oxygen atoms in total. The summed E-state index contributed by atoms with van der Waals surface area (Å²) in [5.41, 5.74) is 2.96. The van der Waals surface area contributed by atoms with Gasteiger partial charge in [-0.25, -0.2) is 4.79 Å². The van der Waals surface area contributed by atoms with E-state index < -0.39 is 0 Å². The summed E-state index contributed by atoms with van der Waals surface area (Å²) >= 11 is 0. The molecule has 1 saturated carbocycles. The van der Waals surface area contributed by atoms with Gasteiger partial charge in [0.2, 0.25) is 0 Å². The Kier molecular flexibility index (Phi) is 5.18. The normalized spacial score (nSPS) is 14.2. The van der Waals surface area contributed by atoms with Crippen molar-refractivity contribution < 1.29 is 9.32 Å². The predicted octanol–water partition coefficient (Wildman–Crippen LogP) is 3.80. The molecule has 1 aromatic heterocycles. The largest absolute Gasteiger partial charge is 0.361 e. The molecule has 0 aliphatic heterocycles. The van der Waals surface area contributed by atoms with Crippen molar-refractivity contribution in [3.8, 4) is 0 Å². The van der Waals surface area contributed by atoms with Gasteiger partial charge in [-0.2, -0.15) is 0 Å². The van der Waals surface area contributed by atoms with E-state index in [1.165, 1.54) is 19.3 Å². The maximum absolute atomic E-state index is 12.7. The van der Waals surface area contributed by atoms with Gasteiger partial charge in [-0.3, -0.25) is 0 Å². The number of carbonyl (C=O) groups excluding carboxylic acids is 1. The second-order valence-electron chi connectivity index (χ2n) is 6.62. The molecule has 0 saturated heterocycles. The van der Waals surface area contributed by atoms with E-state index in [-0.39, 0.29) is 6.03 Å². The molecule has 24 heavy (non-hydrogen) atoms. The Morgan fingerprint density at radius 1 is 1.29 bits per heavy atom. The lowest BCUT2D eigenvalue weighted by Gasteiger charge is -2.32. The zero-order chi connectivity index (χ0) is 16.9. The zero-order valence-corrected chi connectivity index (χ0v) is 14.4. The van der Waals surface area contributed by atoms with Crippen LogP contribution in [0.4, 0.5) is 4.79 Å². The molecule has 0 radical (unpaired) electrons. The summed E-state index contributed by atoms with van der Waals surface area (Å²) in [4.78, 5) is 14.6. The molecule has 1 heterocycles. The minimum Gasteiger partial charge on any atom is -0.361 e. The second-order valence-corrected chi connectivity index (χ2v) is 6.62. The third-order valence-corrected chi connectivity index (χ3v) is 4.80. The Bertz CT molecular complexity index is 658. The third-order valence-electron chi connectivity index (χ3n) is 4.80. The van der Waals surface area contributed by atoms with Crippen LogP contribution in [0.5, 0.6) is 0 Å². The first-order chi connectivity index (χ1) is 11.6. The van der Waals surface area contributed by atoms with E-state index in [1.54, 1.807) is 0 Å². The van der Waals surface area contributed by atoms with E-state index in [2.05, 4.69) is 22.6 Å². The number of hydrogen-bond acceptors (Lipinski definition) is 3. The van der Waals surface area contributed by atoms with Crippen LogP contribution in [0.3, 0.4) is 0 Å². The highest BCUT2D eigenvalue weighted by atomic mass is 16.5. The topological polar surface area (TPSA) is 58.4 Å². The maximum atomic E-state index is 12.7. The minimum atomic E-state index is -0.0225. The fraction of sp³-hybridized carbons (Fsp3) is 0.474. The van der Waals surface area contributed by atoms with Crippen molar-refractivity contribution >= 4 is 6.03 Å². The number of nitrogens with zero attached hydrogens (tertiary/aromatic N) is 2. The summed E-state index contributed by atoms with van der Waals surface area (Å²) < 4.78 is 5.16. The number of carbonyl (C=O) groups is 1. The van der Waals surface area contributed by atoms with Crippen LogP contribution in [0, 0.1) is 19.8 Å². The van der Waals surface area contributed by atoms with Gasteiger partial charge >= 0.3 is 6.03 Å². The average molecular weight is 327 g/mol. The van der Waals surface area contributed by atoms with Crippen LogP contribution in [0.25, 0.3) is 0 Å². The van der Waals surface area contributed by atoms with Gasteiger partial charge in [-0.05, 0) is 38.2 Å². The molecule has 1 N–H and O–H groups in total. The van der Waals surface area contributed by atoms with E-state index >= 15 is 0 Å². The number of benzene rings is 1. The van der Waals surface area contributed by atoms with Crippen LogP contribution < -0.4 is 5.32 Å². The first-order valence-corrected chi connectivity index (χ1v) is 8.62. The van der Waals surface area contributed by atoms with Gasteiger partial charge in [-0.1, -0.05) is 41.9 Å². The summed E-state index contributed by atoms with van der Waals surface area (Å²) in [6, 6.07) is 10.1. The number of aryl methyl sites for hydroxylation is 2. The molecule has 1 aromatic carbocycles. The van der Waals surface area contributed by atoms with Crippen molar-refractivity contribution in [3.63, 3.8) is 0 Å². The third kappa shape index (κ3) is 3.96. The number of amides is 2. The highest BCUT2D eigenvalue weighted by Crippen LogP contribution is 2.27. The van der Waals surface area contributed by atoms with Gasteiger partial charge in [0.15, 0.2) is 0 Å². The summed E-state index contributed by atoms with van der Waals surface area (Å²) in [7, 11) is 0. The molecule has 0 unspecified atom stereocenters. The van der Waals surface area contributed by atoms with E-state index in [0.717, 1.165) is 29.1 Å². The molecular formula is C19H25N3O2. The Morgan fingerprint density at radius 2 is 2.04 bits per heavy atom. The Labute approximate surface area is 143 Å². The monoisotopic (exact) mass is 327 g/mol. The van der Waals surface area contributed by atoms with Crippen LogP contribution in [-0.4, -0.2) is 22.6 Å². The highest BCUT2D eigenvalue weighted by Gasteiger charge is 2.24. The number of aromatic nitrogens is 1. The summed E-state index contributed by atoms with van der Waals surface area (Å²) in [6.07, 6.45) is 3.73. The lowest BCUT2D eigenvalue weighted by atomic mass is 9.85. The standard InChI is InChI=1S/C19H25N3O2/c1-14-18(15(2)24-21-14)11-20-19(23)22(13-17-9-6-10-17)12-16-7-4-3-5-8-16/h3-5,7-8,17H,6,9-13H2,1-2H3,(H,20,23). The molecular weight excluding hydrogens is 302 g/mol. The van der Waals surface area contributed by atoms with Crippen molar-refractivity contribution in [3.05, 3.63) is 52.9 Å². The fourth-order valence-electron chi connectivity index (χ4n) is 3.04. The van der Waals surface area contributed by atoms with Gasteiger partial charge in [0.05, 0.1) is 5.69 Å². The quantitative estimate of drug-likeness (QED) is 0.878. The second kappa shape index (κ2) is 7.51. The average Bonchev–Trinajstić information content (AvgIpc) is 2.87. The number of hydrogen-bond donors (Lipinski definition) is 1. The predicted molar refractivity (Wildman–Crippen MR) is 92.4 cm³/mol. The van der Waals surface area contributed by atoms with Crippen molar-refractivity contribution in [2.24, 2.45) is 5.92 Å². The smallest absolute Gasteiger partial charge is 0.317 e. The number of rotatable bonds is 6. The van der Waals surface area contributed by atoms with Gasteiger partial charge in [0, 0.05) is 25.2 Å². The lowest BCUT2D eigenvalue weighted by Crippen LogP contribution is -2.43. The van der Waals surface area contributed by atoms with E-state index in [0.29, 0.717) is 19.0 Å². The Hall–Kier alpha value is -2.30. The van der Waals surface area contributed by atoms with Crippen molar-refractivity contribution in [1.29, 1.82) is 0 Å². The SMILES string of the molecule is Cc1noc(C)c1CNC(=O)N(Cc1ccccc1)CC1CCC1. The van der Waals surface area contributed by atoms with E-state index in [9.17, 15) is 4.79 Å². The first-order valence-electron chi connectivity index (χ1n) is 8.62. The van der Waals surface area contributed by atoms with Gasteiger partial charge in [-0.15, -0.1) is 0 Å². The summed E-state index contributed by atoms with van der Waals surface area (Å²) in [6.45, 7) is 5.69. The van der Waals surface area contributed by atoms with Crippen LogP contribution >= 0.6 is 0 Å². The molecule has 3 rings (SSSR count). The molecule has 0 bridgehead atoms. The summed E-state index contributed by atoms with van der Waals surface area (Å²) in [5, 5.41) is 6.97. The van der Waals surface area contributed by atoms with Crippen LogP contribution in [0.2, 0.25) is 0 Å². The minimum absolute atomic E-state index is 0.0225. The van der Waals surface area contributed by atoms with E-state index in [4.69, 9.17) is 4.52 Å². The van der Waals surface area contributed by atoms with Crippen LogP contribution in [-0.2, 0) is 13.1 Å². The molecule has 1 aliphatic rings. The summed E-state index contributed by atoms with van der Waals surface area (Å²) in [5.74, 6) is 1.40. The van der Waals surface area contributed by atoms with Crippen molar-refractivity contribution in [2.45, 2.75) is 46.2 Å². The van der Waals surface area contributed by atoms with Crippen LogP contribution in [0.1, 0.15) is 41.8 Å². The van der Waals surface area contributed by atoms with Crippen molar-refractivity contribution in [1.82, 2.24) is 15.4 Å². The molecule has 5 heteroatoms. The van der Waals surface area contributed by atoms with Gasteiger partial charge in [0.1, 0.15) is 5.76 Å². The Morgan fingerprint density at radius 3 is 2.62 bits per heavy atom. The molecule has 1 fully saturated rings. The first kappa shape index (κ1) is 16.6. The lowest BCUT2D eigenvalue weighted by molar-refractivity contribution is 0.164. The maximum Gasteiger partial charge on any atom is 0.317 e. The van der Waals surface area contributed by atoms with Gasteiger partial charge < -0.3 is 14.7 Å². The van der Waals surface area contributed by atoms with Crippen LogP contribution in [0.15, 0.2) is 34.9 Å². The molecule has 128 valence electrons. The van der Waals surface area contributed by atoms with E-state index in [1.807, 2.05) is 36.9 Å². The molecule has 2 amide bonds. The number of nitrogens with one attached hydrogen (secondary N) is 1. The molecule has 2 aromatic rings. The molecule has 0 spiro atoms.